The van der Waals surface area contributed by atoms with Crippen LogP contribution in [0.2, 0.25) is 0 Å². The first-order valence-electron chi connectivity index (χ1n) is 16.4. The van der Waals surface area contributed by atoms with Gasteiger partial charge in [0.2, 0.25) is 5.91 Å². The number of anilines is 2. The molecule has 0 radical (unpaired) electrons. The Morgan fingerprint density at radius 2 is 1.36 bits per heavy atom. The van der Waals surface area contributed by atoms with E-state index in [4.69, 9.17) is 44.9 Å². The maximum Gasteiger partial charge on any atom is 0.410 e. The zero-order chi connectivity index (χ0) is 39.0. The second-order valence-electron chi connectivity index (χ2n) is 13.0. The van der Waals surface area contributed by atoms with Gasteiger partial charge in [-0.2, -0.15) is 0 Å². The van der Waals surface area contributed by atoms with E-state index in [1.54, 1.807) is 74.7 Å². The van der Waals surface area contributed by atoms with E-state index >= 15 is 0 Å². The van der Waals surface area contributed by atoms with Crippen LogP contribution in [-0.4, -0.2) is 91.7 Å². The number of carbonyl (C=O) groups excluding carboxylic acids is 3. The number of halogens is 2. The second kappa shape index (κ2) is 24.0. The number of rotatable bonds is 3. The Morgan fingerprint density at radius 3 is 1.72 bits per heavy atom. The molecule has 2 aliphatic heterocycles. The lowest BCUT2D eigenvalue weighted by molar-refractivity contribution is -0.143. The number of amides is 3. The average Bonchev–Trinajstić information content (AvgIpc) is 3.05. The van der Waals surface area contributed by atoms with Crippen LogP contribution in [0.25, 0.3) is 0 Å². The van der Waals surface area contributed by atoms with Gasteiger partial charge < -0.3 is 35.4 Å². The molecule has 0 bridgehead atoms. The van der Waals surface area contributed by atoms with Gasteiger partial charge in [-0.15, -0.1) is 36.0 Å². The maximum absolute atomic E-state index is 12.3. The fourth-order valence-corrected chi connectivity index (χ4v) is 4.41. The Kier molecular flexibility index (Phi) is 21.0. The highest BCUT2D eigenvalue weighted by atomic mass is 35.5. The predicted molar refractivity (Wildman–Crippen MR) is 197 cm³/mol. The number of nitrogens with one attached hydrogen (secondary N) is 1. The molecular formula is C35H52Cl2N6O7. The topological polar surface area (TPSA) is 177 Å². The van der Waals surface area contributed by atoms with Gasteiger partial charge in [0.15, 0.2) is 0 Å². The summed E-state index contributed by atoms with van der Waals surface area (Å²) in [6.07, 6.45) is 14.5. The van der Waals surface area contributed by atoms with Gasteiger partial charge in [0.25, 0.3) is 0 Å². The summed E-state index contributed by atoms with van der Waals surface area (Å²) in [6.45, 7) is 12.7. The molecular weight excluding hydrogens is 687 g/mol. The number of ether oxygens (including phenoxy) is 2. The summed E-state index contributed by atoms with van der Waals surface area (Å²) in [5.41, 5.74) is 5.61. The molecule has 0 aromatic carbocycles. The molecule has 278 valence electrons. The Labute approximate surface area is 307 Å². The van der Waals surface area contributed by atoms with E-state index in [1.807, 2.05) is 20.8 Å². The molecule has 0 spiro atoms. The highest BCUT2D eigenvalue weighted by Crippen LogP contribution is 2.21. The molecule has 4 heterocycles. The summed E-state index contributed by atoms with van der Waals surface area (Å²) in [7, 11) is 0. The first-order chi connectivity index (χ1) is 23.9. The highest BCUT2D eigenvalue weighted by Gasteiger charge is 2.32. The van der Waals surface area contributed by atoms with Crippen molar-refractivity contribution in [3.63, 3.8) is 0 Å². The van der Waals surface area contributed by atoms with Gasteiger partial charge >= 0.3 is 18.2 Å². The van der Waals surface area contributed by atoms with E-state index in [0.717, 1.165) is 19.3 Å². The van der Waals surface area contributed by atoms with Crippen LogP contribution in [0.4, 0.5) is 21.0 Å². The van der Waals surface area contributed by atoms with Crippen molar-refractivity contribution in [3.8, 4) is 12.8 Å². The number of terminal acetylenes is 1. The van der Waals surface area contributed by atoms with Crippen LogP contribution in [0.15, 0.2) is 49.1 Å². The molecule has 4 rings (SSSR count). The number of carboxylic acid groups (broad SMARTS) is 1. The van der Waals surface area contributed by atoms with Crippen LogP contribution in [0, 0.1) is 24.7 Å². The third kappa shape index (κ3) is 20.9. The van der Waals surface area contributed by atoms with E-state index in [9.17, 15) is 19.2 Å². The first-order valence-corrected chi connectivity index (χ1v) is 17.0. The number of aromatic nitrogens is 2. The van der Waals surface area contributed by atoms with Crippen LogP contribution in [0.5, 0.6) is 0 Å². The Balaban J connectivity index is 0.000000746. The van der Waals surface area contributed by atoms with Crippen molar-refractivity contribution in [2.45, 2.75) is 78.4 Å². The zero-order valence-electron chi connectivity index (χ0n) is 30.7. The molecule has 0 aliphatic carbocycles. The van der Waals surface area contributed by atoms with Crippen molar-refractivity contribution in [2.75, 3.05) is 42.6 Å². The zero-order valence-corrected chi connectivity index (χ0v) is 31.2. The number of hydrogen-bond acceptors (Lipinski definition) is 9. The van der Waals surface area contributed by atoms with Crippen molar-refractivity contribution in [1.82, 2.24) is 19.8 Å². The normalized spacial score (nSPS) is 16.9. The lowest BCUT2D eigenvalue weighted by Gasteiger charge is -2.33. The van der Waals surface area contributed by atoms with Crippen molar-refractivity contribution >= 4 is 58.6 Å². The number of alkyl halides is 2. The molecule has 2 aromatic rings. The monoisotopic (exact) mass is 739 g/mol. The number of nitrogens with zero attached hydrogens (tertiary/aromatic N) is 4. The minimum atomic E-state index is -0.840. The van der Waals surface area contributed by atoms with Crippen molar-refractivity contribution in [1.29, 1.82) is 0 Å². The summed E-state index contributed by atoms with van der Waals surface area (Å²) in [5.74, 6) is -1.60. The number of hydrogen-bond donors (Lipinski definition) is 3. The fourth-order valence-electron chi connectivity index (χ4n) is 4.41. The van der Waals surface area contributed by atoms with Crippen LogP contribution in [-0.2, 0) is 19.1 Å². The third-order valence-electron chi connectivity index (χ3n) is 6.48. The number of carboxylic acids is 1. The third-order valence-corrected chi connectivity index (χ3v) is 6.48. The van der Waals surface area contributed by atoms with Gasteiger partial charge in [-0.1, -0.05) is 0 Å². The molecule has 2 aromatic heterocycles. The number of nitrogen functional groups attached to an aromatic ring is 1. The number of aliphatic carboxylic acids is 1. The van der Waals surface area contributed by atoms with E-state index in [-0.39, 0.29) is 29.8 Å². The quantitative estimate of drug-likeness (QED) is 0.226. The second-order valence-corrected chi connectivity index (χ2v) is 13.8. The summed E-state index contributed by atoms with van der Waals surface area (Å²) in [6, 6.07) is 7.16. The maximum atomic E-state index is 12.3. The van der Waals surface area contributed by atoms with Crippen LogP contribution < -0.4 is 11.1 Å². The number of nitrogens with two attached hydrogens (primary N) is 1. The molecule has 2 fully saturated rings. The molecule has 4 N–H and O–H groups in total. The predicted octanol–water partition coefficient (Wildman–Crippen LogP) is 6.72. The molecule has 15 heteroatoms. The van der Waals surface area contributed by atoms with Gasteiger partial charge in [-0.25, -0.2) is 9.59 Å². The summed E-state index contributed by atoms with van der Waals surface area (Å²) >= 11 is 9.53. The van der Waals surface area contributed by atoms with E-state index in [0.29, 0.717) is 37.4 Å². The average molecular weight is 741 g/mol. The summed E-state index contributed by atoms with van der Waals surface area (Å²) in [4.78, 5) is 57.7. The number of carbonyl (C=O) groups is 4. The van der Waals surface area contributed by atoms with Crippen molar-refractivity contribution in [3.05, 3.63) is 49.1 Å². The molecule has 2 atom stereocenters. The van der Waals surface area contributed by atoms with Gasteiger partial charge in [-0.05, 0) is 91.5 Å². The van der Waals surface area contributed by atoms with Gasteiger partial charge in [-0.3, -0.25) is 19.6 Å². The Bertz CT molecular complexity index is 1360. The van der Waals surface area contributed by atoms with E-state index in [2.05, 4.69) is 21.7 Å². The Morgan fingerprint density at radius 1 is 0.920 bits per heavy atom. The molecule has 3 amide bonds. The van der Waals surface area contributed by atoms with Crippen molar-refractivity contribution < 1.29 is 35.1 Å². The van der Waals surface area contributed by atoms with E-state index in [1.165, 1.54) is 11.3 Å². The highest BCUT2D eigenvalue weighted by molar-refractivity contribution is 6.40. The summed E-state index contributed by atoms with van der Waals surface area (Å²) in [5, 5.41) is 11.9. The van der Waals surface area contributed by atoms with Gasteiger partial charge in [0.05, 0.1) is 34.7 Å². The first kappa shape index (κ1) is 43.7. The largest absolute Gasteiger partial charge is 0.481 e. The molecule has 13 nitrogen and oxygen atoms in total. The summed E-state index contributed by atoms with van der Waals surface area (Å²) < 4.78 is 16.3. The molecule has 2 saturated heterocycles. The smallest absolute Gasteiger partial charge is 0.410 e. The number of piperidine rings is 2. The SMILES string of the molecule is CC(C)(C)OC(=O)N1CCCC(C(=O)Nc2cccnc2)C1.CC(C)(C)OC(=O)N1CCCC(C(=O)O)C1.ClCCl.Nc1cccnc1.[2H]C#C. The lowest BCUT2D eigenvalue weighted by atomic mass is 9.97. The molecule has 0 saturated carbocycles. The van der Waals surface area contributed by atoms with Crippen LogP contribution >= 0.6 is 23.2 Å². The molecule has 2 aliphatic rings. The number of likely N-dealkylation sites (tertiary alicyclic amines) is 2. The van der Waals surface area contributed by atoms with Crippen LogP contribution in [0.1, 0.15) is 68.6 Å². The lowest BCUT2D eigenvalue weighted by Crippen LogP contribution is -2.45. The number of pyridine rings is 2. The van der Waals surface area contributed by atoms with E-state index < -0.39 is 29.2 Å². The Hall–Kier alpha value is -4.28. The molecule has 50 heavy (non-hydrogen) atoms. The molecule has 2 unspecified atom stereocenters. The van der Waals surface area contributed by atoms with Gasteiger partial charge in [0, 0.05) is 44.8 Å². The van der Waals surface area contributed by atoms with Crippen molar-refractivity contribution in [2.24, 2.45) is 11.8 Å². The minimum absolute atomic E-state index is 0.0822. The van der Waals surface area contributed by atoms with Gasteiger partial charge in [0.1, 0.15) is 12.6 Å². The van der Waals surface area contributed by atoms with Crippen LogP contribution in [0.3, 0.4) is 0 Å². The fraction of sp³-hybridized carbons (Fsp3) is 0.543. The minimum Gasteiger partial charge on any atom is -0.481 e. The standard InChI is InChI=1S/C16H23N3O3.C11H19NO4.C5H6N2.C2H2.CH2Cl2/c1-16(2,3)22-15(21)19-9-5-6-12(11-19)14(20)18-13-7-4-8-17-10-13;1-11(2,3)16-10(15)12-6-4-5-8(7-12)9(13)14;6-5-2-1-3-7-4-5;1-2;2-1-3/h4,7-8,10,12H,5-6,9,11H2,1-3H3,(H,18,20);8H,4-7H2,1-3H3,(H,13,14);1-4H,6H2;1-2H;1H2/i;;;1D;.